The van der Waals surface area contributed by atoms with E-state index in [1.807, 2.05) is 44.2 Å². The molecule has 0 aliphatic carbocycles. The van der Waals surface area contributed by atoms with Crippen LogP contribution in [0.1, 0.15) is 21.6 Å². The fourth-order valence-corrected chi connectivity index (χ4v) is 3.25. The summed E-state index contributed by atoms with van der Waals surface area (Å²) >= 11 is 5.96. The molecule has 28 heavy (non-hydrogen) atoms. The van der Waals surface area contributed by atoms with E-state index < -0.39 is 0 Å². The van der Waals surface area contributed by atoms with Crippen molar-refractivity contribution in [3.05, 3.63) is 82.9 Å². The second-order valence-corrected chi connectivity index (χ2v) is 6.91. The molecular weight excluding hydrogens is 372 g/mol. The standard InChI is InChI=1S/C22H17ClN4O/c1-13-3-8-20(26-21(13)18-6-7-19(23)25-14(18)2)27-22(28)16-4-5-17-12-24-10-9-15(17)11-16/h3-12H,1-2H3,(H,26,27,28). The summed E-state index contributed by atoms with van der Waals surface area (Å²) in [6, 6.07) is 14.7. The molecule has 4 aromatic rings. The molecule has 1 amide bonds. The molecule has 0 radical (unpaired) electrons. The summed E-state index contributed by atoms with van der Waals surface area (Å²) in [6.45, 7) is 3.86. The van der Waals surface area contributed by atoms with Crippen LogP contribution in [-0.2, 0) is 0 Å². The van der Waals surface area contributed by atoms with Gasteiger partial charge in [0.25, 0.3) is 5.91 Å². The van der Waals surface area contributed by atoms with Crippen LogP contribution in [0.3, 0.4) is 0 Å². The number of nitrogens with zero attached hydrogens (tertiary/aromatic N) is 3. The van der Waals surface area contributed by atoms with Crippen LogP contribution in [0.4, 0.5) is 5.82 Å². The smallest absolute Gasteiger partial charge is 0.256 e. The molecule has 138 valence electrons. The Bertz CT molecular complexity index is 1210. The van der Waals surface area contributed by atoms with E-state index >= 15 is 0 Å². The van der Waals surface area contributed by atoms with E-state index in [2.05, 4.69) is 20.3 Å². The van der Waals surface area contributed by atoms with Crippen LogP contribution in [0.5, 0.6) is 0 Å². The third-order valence-corrected chi connectivity index (χ3v) is 4.76. The number of aromatic nitrogens is 3. The first-order valence-electron chi connectivity index (χ1n) is 8.77. The second kappa shape index (κ2) is 7.37. The van der Waals surface area contributed by atoms with Gasteiger partial charge in [0.2, 0.25) is 0 Å². The maximum absolute atomic E-state index is 12.7. The number of hydrogen-bond acceptors (Lipinski definition) is 4. The molecule has 0 bridgehead atoms. The molecule has 6 heteroatoms. The Morgan fingerprint density at radius 3 is 2.64 bits per heavy atom. The number of carbonyl (C=O) groups excluding carboxylic acids is 1. The summed E-state index contributed by atoms with van der Waals surface area (Å²) in [5.41, 5.74) is 3.99. The lowest BCUT2D eigenvalue weighted by Crippen LogP contribution is -2.13. The number of anilines is 1. The Hall–Kier alpha value is -3.31. The molecule has 0 aliphatic heterocycles. The monoisotopic (exact) mass is 388 g/mol. The summed E-state index contributed by atoms with van der Waals surface area (Å²) in [7, 11) is 0. The number of fused-ring (bicyclic) bond motifs is 1. The number of halogens is 1. The summed E-state index contributed by atoms with van der Waals surface area (Å²) in [5.74, 6) is 0.266. The Labute approximate surface area is 167 Å². The lowest BCUT2D eigenvalue weighted by atomic mass is 10.1. The van der Waals surface area contributed by atoms with Gasteiger partial charge < -0.3 is 5.32 Å². The van der Waals surface area contributed by atoms with Crippen LogP contribution >= 0.6 is 11.6 Å². The van der Waals surface area contributed by atoms with E-state index in [4.69, 9.17) is 11.6 Å². The molecule has 1 aromatic carbocycles. The first-order valence-corrected chi connectivity index (χ1v) is 9.15. The van der Waals surface area contributed by atoms with Gasteiger partial charge in [-0.05, 0) is 61.2 Å². The van der Waals surface area contributed by atoms with Crippen molar-refractivity contribution in [1.29, 1.82) is 0 Å². The third kappa shape index (κ3) is 3.57. The number of carbonyl (C=O) groups is 1. The van der Waals surface area contributed by atoms with Gasteiger partial charge in [0.1, 0.15) is 11.0 Å². The summed E-state index contributed by atoms with van der Waals surface area (Å²) in [6.07, 6.45) is 3.48. The molecule has 0 saturated carbocycles. The molecule has 0 fully saturated rings. The van der Waals surface area contributed by atoms with Crippen molar-refractivity contribution in [2.24, 2.45) is 0 Å². The van der Waals surface area contributed by atoms with E-state index in [1.165, 1.54) is 0 Å². The van der Waals surface area contributed by atoms with E-state index in [-0.39, 0.29) is 5.91 Å². The topological polar surface area (TPSA) is 67.8 Å². The number of benzene rings is 1. The number of nitrogens with one attached hydrogen (secondary N) is 1. The van der Waals surface area contributed by atoms with E-state index in [0.29, 0.717) is 16.5 Å². The van der Waals surface area contributed by atoms with Gasteiger partial charge in [0.15, 0.2) is 0 Å². The first kappa shape index (κ1) is 18.1. The fourth-order valence-electron chi connectivity index (χ4n) is 3.06. The normalized spacial score (nSPS) is 10.8. The second-order valence-electron chi connectivity index (χ2n) is 6.52. The minimum absolute atomic E-state index is 0.216. The maximum Gasteiger partial charge on any atom is 0.256 e. The maximum atomic E-state index is 12.7. The van der Waals surface area contributed by atoms with Gasteiger partial charge in [0.05, 0.1) is 5.69 Å². The van der Waals surface area contributed by atoms with Crippen molar-refractivity contribution >= 4 is 34.1 Å². The molecular formula is C22H17ClN4O. The van der Waals surface area contributed by atoms with E-state index in [9.17, 15) is 4.79 Å². The van der Waals surface area contributed by atoms with Crippen LogP contribution in [0.15, 0.2) is 60.9 Å². The molecule has 5 nitrogen and oxygen atoms in total. The predicted molar refractivity (Wildman–Crippen MR) is 112 cm³/mol. The summed E-state index contributed by atoms with van der Waals surface area (Å²) in [4.78, 5) is 25.7. The molecule has 0 atom stereocenters. The highest BCUT2D eigenvalue weighted by Crippen LogP contribution is 2.26. The average Bonchev–Trinajstić information content (AvgIpc) is 2.69. The fraction of sp³-hybridized carbons (Fsp3) is 0.0909. The van der Waals surface area contributed by atoms with Gasteiger partial charge >= 0.3 is 0 Å². The minimum Gasteiger partial charge on any atom is -0.307 e. The molecule has 0 spiro atoms. The molecule has 0 aliphatic rings. The zero-order valence-electron chi connectivity index (χ0n) is 15.4. The summed E-state index contributed by atoms with van der Waals surface area (Å²) in [5, 5.41) is 5.27. The van der Waals surface area contributed by atoms with E-state index in [1.54, 1.807) is 30.6 Å². The van der Waals surface area contributed by atoms with Crippen molar-refractivity contribution in [3.8, 4) is 11.3 Å². The SMILES string of the molecule is Cc1ccc(NC(=O)c2ccc3cnccc3c2)nc1-c1ccc(Cl)nc1C. The molecule has 0 saturated heterocycles. The largest absolute Gasteiger partial charge is 0.307 e. The highest BCUT2D eigenvalue weighted by Gasteiger charge is 2.12. The van der Waals surface area contributed by atoms with Gasteiger partial charge in [-0.25, -0.2) is 9.97 Å². The number of hydrogen-bond donors (Lipinski definition) is 1. The Kier molecular flexibility index (Phi) is 4.75. The number of aryl methyl sites for hydroxylation is 2. The highest BCUT2D eigenvalue weighted by atomic mass is 35.5. The average molecular weight is 389 g/mol. The van der Waals surface area contributed by atoms with Gasteiger partial charge in [-0.15, -0.1) is 0 Å². The van der Waals surface area contributed by atoms with Crippen LogP contribution < -0.4 is 5.32 Å². The number of pyridine rings is 3. The molecule has 3 heterocycles. The van der Waals surface area contributed by atoms with Crippen LogP contribution in [0, 0.1) is 13.8 Å². The molecule has 4 rings (SSSR count). The van der Waals surface area contributed by atoms with Crippen molar-refractivity contribution in [2.45, 2.75) is 13.8 Å². The van der Waals surface area contributed by atoms with Crippen molar-refractivity contribution in [1.82, 2.24) is 15.0 Å². The van der Waals surface area contributed by atoms with Crippen LogP contribution in [0.25, 0.3) is 22.0 Å². The lowest BCUT2D eigenvalue weighted by Gasteiger charge is -2.11. The lowest BCUT2D eigenvalue weighted by molar-refractivity contribution is 0.102. The first-order chi connectivity index (χ1) is 13.5. The molecule has 3 aromatic heterocycles. The van der Waals surface area contributed by atoms with Crippen molar-refractivity contribution in [2.75, 3.05) is 5.32 Å². The van der Waals surface area contributed by atoms with Gasteiger partial charge in [-0.2, -0.15) is 0 Å². The number of rotatable bonds is 3. The predicted octanol–water partition coefficient (Wildman–Crippen LogP) is 5.21. The highest BCUT2D eigenvalue weighted by molar-refractivity contribution is 6.29. The Morgan fingerprint density at radius 2 is 1.82 bits per heavy atom. The zero-order chi connectivity index (χ0) is 19.7. The van der Waals surface area contributed by atoms with Crippen molar-refractivity contribution in [3.63, 3.8) is 0 Å². The van der Waals surface area contributed by atoms with Crippen LogP contribution in [-0.4, -0.2) is 20.9 Å². The summed E-state index contributed by atoms with van der Waals surface area (Å²) < 4.78 is 0. The van der Waals surface area contributed by atoms with Gasteiger partial charge in [0, 0.05) is 34.6 Å². The molecule has 0 unspecified atom stereocenters. The van der Waals surface area contributed by atoms with E-state index in [0.717, 1.165) is 33.3 Å². The third-order valence-electron chi connectivity index (χ3n) is 4.55. The zero-order valence-corrected chi connectivity index (χ0v) is 16.2. The quantitative estimate of drug-likeness (QED) is 0.489. The van der Waals surface area contributed by atoms with Gasteiger partial charge in [-0.3, -0.25) is 9.78 Å². The molecule has 1 N–H and O–H groups in total. The van der Waals surface area contributed by atoms with Crippen molar-refractivity contribution < 1.29 is 4.79 Å². The minimum atomic E-state index is -0.216. The Morgan fingerprint density at radius 1 is 0.964 bits per heavy atom. The Balaban J connectivity index is 1.65. The number of amides is 1. The van der Waals surface area contributed by atoms with Crippen LogP contribution in [0.2, 0.25) is 5.15 Å². The van der Waals surface area contributed by atoms with Gasteiger partial charge in [-0.1, -0.05) is 23.7 Å².